The quantitative estimate of drug-likeness (QED) is 0.888. The summed E-state index contributed by atoms with van der Waals surface area (Å²) >= 11 is 1.48. The third-order valence-corrected chi connectivity index (χ3v) is 5.25. The summed E-state index contributed by atoms with van der Waals surface area (Å²) in [6.07, 6.45) is 0. The minimum absolute atomic E-state index is 0.136. The number of hydrogen-bond acceptors (Lipinski definition) is 6. The molecule has 1 aliphatic rings. The fourth-order valence-electron chi connectivity index (χ4n) is 3.11. The number of aryl methyl sites for hydroxylation is 1. The topological polar surface area (TPSA) is 71.7 Å². The van der Waals surface area contributed by atoms with Crippen LogP contribution in [0.15, 0.2) is 18.2 Å². The van der Waals surface area contributed by atoms with Gasteiger partial charge in [-0.2, -0.15) is 0 Å². The van der Waals surface area contributed by atoms with Crippen molar-refractivity contribution in [3.05, 3.63) is 23.1 Å². The lowest BCUT2D eigenvalue weighted by Crippen LogP contribution is -2.43. The fourth-order valence-corrected chi connectivity index (χ4v) is 3.82. The molecule has 0 radical (unpaired) electrons. The van der Waals surface area contributed by atoms with Gasteiger partial charge in [0.05, 0.1) is 24.5 Å². The second kappa shape index (κ2) is 7.31. The molecule has 0 atom stereocenters. The molecule has 0 saturated heterocycles. The summed E-state index contributed by atoms with van der Waals surface area (Å²) < 4.78 is 5.77. The number of carbonyl (C=O) groups is 1. The first-order valence-electron chi connectivity index (χ1n) is 8.56. The molecule has 25 heavy (non-hydrogen) atoms. The number of rotatable bonds is 5. The number of nitrogens with zero attached hydrogens (tertiary/aromatic N) is 3. The van der Waals surface area contributed by atoms with E-state index in [1.54, 1.807) is 0 Å². The van der Waals surface area contributed by atoms with E-state index in [2.05, 4.69) is 9.88 Å². The maximum atomic E-state index is 12.5. The van der Waals surface area contributed by atoms with Crippen LogP contribution in [-0.4, -0.2) is 48.6 Å². The Bertz CT molecular complexity index is 770. The van der Waals surface area contributed by atoms with Crippen LogP contribution in [0.5, 0.6) is 5.75 Å². The molecule has 0 unspecified atom stereocenters. The molecule has 0 aliphatic carbocycles. The average Bonchev–Trinajstić information content (AvgIpc) is 2.94. The molecule has 0 saturated carbocycles. The summed E-state index contributed by atoms with van der Waals surface area (Å²) in [4.78, 5) is 22.0. The van der Waals surface area contributed by atoms with Gasteiger partial charge in [-0.3, -0.25) is 4.79 Å². The van der Waals surface area contributed by atoms with E-state index in [0.29, 0.717) is 24.8 Å². The molecule has 1 aliphatic heterocycles. The van der Waals surface area contributed by atoms with E-state index in [0.717, 1.165) is 40.7 Å². The van der Waals surface area contributed by atoms with Crippen LogP contribution in [0.4, 0.5) is 10.8 Å². The summed E-state index contributed by atoms with van der Waals surface area (Å²) in [6, 6.07) is 6.00. The van der Waals surface area contributed by atoms with E-state index >= 15 is 0 Å². The van der Waals surface area contributed by atoms with Gasteiger partial charge in [0, 0.05) is 23.5 Å². The standard InChI is InChI=1S/C18H24N4O2S/c1-4-21(5-2)16(23)11-22-8-9-24-15-7-6-13(10-14(15)22)17-12(3)25-18(19)20-17/h6-7,10H,4-5,8-9,11H2,1-3H3,(H2,19,20). The van der Waals surface area contributed by atoms with Gasteiger partial charge in [0.25, 0.3) is 0 Å². The number of amides is 1. The monoisotopic (exact) mass is 360 g/mol. The minimum Gasteiger partial charge on any atom is -0.490 e. The smallest absolute Gasteiger partial charge is 0.242 e. The van der Waals surface area contributed by atoms with Crippen molar-refractivity contribution >= 4 is 28.1 Å². The van der Waals surface area contributed by atoms with Crippen molar-refractivity contribution in [2.24, 2.45) is 0 Å². The summed E-state index contributed by atoms with van der Waals surface area (Å²) in [5, 5.41) is 0.565. The minimum atomic E-state index is 0.136. The van der Waals surface area contributed by atoms with E-state index in [9.17, 15) is 4.79 Å². The first-order valence-corrected chi connectivity index (χ1v) is 9.38. The third kappa shape index (κ3) is 3.56. The van der Waals surface area contributed by atoms with Gasteiger partial charge in [-0.05, 0) is 39.0 Å². The molecule has 2 N–H and O–H groups in total. The molecular formula is C18H24N4O2S. The first-order chi connectivity index (χ1) is 12.0. The first kappa shape index (κ1) is 17.5. The SMILES string of the molecule is CCN(CC)C(=O)CN1CCOc2ccc(-c3nc(N)sc3C)cc21. The van der Waals surface area contributed by atoms with Crippen molar-refractivity contribution in [3.8, 4) is 17.0 Å². The molecule has 7 heteroatoms. The van der Waals surface area contributed by atoms with Gasteiger partial charge in [0.2, 0.25) is 5.91 Å². The second-order valence-electron chi connectivity index (χ2n) is 5.98. The van der Waals surface area contributed by atoms with Crippen molar-refractivity contribution in [2.75, 3.05) is 43.4 Å². The lowest BCUT2D eigenvalue weighted by Gasteiger charge is -2.32. The number of likely N-dealkylation sites (N-methyl/N-ethyl adjacent to an activating group) is 1. The maximum Gasteiger partial charge on any atom is 0.242 e. The predicted octanol–water partition coefficient (Wildman–Crippen LogP) is 2.77. The van der Waals surface area contributed by atoms with Gasteiger partial charge in [0.15, 0.2) is 5.13 Å². The zero-order valence-electron chi connectivity index (χ0n) is 14.9. The molecule has 3 rings (SSSR count). The summed E-state index contributed by atoms with van der Waals surface area (Å²) in [6.45, 7) is 9.11. The van der Waals surface area contributed by atoms with Gasteiger partial charge in [-0.25, -0.2) is 4.98 Å². The number of hydrogen-bond donors (Lipinski definition) is 1. The van der Waals surface area contributed by atoms with Crippen molar-refractivity contribution in [1.82, 2.24) is 9.88 Å². The molecule has 0 spiro atoms. The van der Waals surface area contributed by atoms with Crippen LogP contribution in [0, 0.1) is 6.92 Å². The van der Waals surface area contributed by atoms with Gasteiger partial charge < -0.3 is 20.3 Å². The molecule has 1 aromatic carbocycles. The molecule has 0 fully saturated rings. The Morgan fingerprint density at radius 2 is 2.16 bits per heavy atom. The summed E-state index contributed by atoms with van der Waals surface area (Å²) in [5.74, 6) is 0.945. The van der Waals surface area contributed by atoms with Gasteiger partial charge in [-0.1, -0.05) is 0 Å². The molecule has 0 bridgehead atoms. The normalized spacial score (nSPS) is 13.3. The number of benzene rings is 1. The Balaban J connectivity index is 1.90. The predicted molar refractivity (Wildman–Crippen MR) is 102 cm³/mol. The summed E-state index contributed by atoms with van der Waals surface area (Å²) in [7, 11) is 0. The number of thiazole rings is 1. The van der Waals surface area contributed by atoms with Gasteiger partial charge in [0.1, 0.15) is 12.4 Å². The largest absolute Gasteiger partial charge is 0.490 e. The van der Waals surface area contributed by atoms with Crippen LogP contribution in [0.2, 0.25) is 0 Å². The van der Waals surface area contributed by atoms with Crippen molar-refractivity contribution in [2.45, 2.75) is 20.8 Å². The Hall–Kier alpha value is -2.28. The van der Waals surface area contributed by atoms with Crippen molar-refractivity contribution in [3.63, 3.8) is 0 Å². The zero-order valence-corrected chi connectivity index (χ0v) is 15.7. The van der Waals surface area contributed by atoms with Crippen LogP contribution in [0.25, 0.3) is 11.3 Å². The number of aromatic nitrogens is 1. The van der Waals surface area contributed by atoms with Gasteiger partial charge in [-0.15, -0.1) is 11.3 Å². The molecule has 1 amide bonds. The second-order valence-corrected chi connectivity index (χ2v) is 7.21. The van der Waals surface area contributed by atoms with Crippen LogP contribution in [-0.2, 0) is 4.79 Å². The van der Waals surface area contributed by atoms with Crippen LogP contribution >= 0.6 is 11.3 Å². The number of ether oxygens (including phenoxy) is 1. The van der Waals surface area contributed by atoms with E-state index in [-0.39, 0.29) is 5.91 Å². The molecule has 6 nitrogen and oxygen atoms in total. The molecule has 134 valence electrons. The number of carbonyl (C=O) groups excluding carboxylic acids is 1. The third-order valence-electron chi connectivity index (χ3n) is 4.45. The maximum absolute atomic E-state index is 12.5. The Morgan fingerprint density at radius 1 is 1.40 bits per heavy atom. The van der Waals surface area contributed by atoms with E-state index < -0.39 is 0 Å². The van der Waals surface area contributed by atoms with Crippen LogP contribution in [0.3, 0.4) is 0 Å². The Labute approximate surface area is 152 Å². The lowest BCUT2D eigenvalue weighted by molar-refractivity contribution is -0.129. The molecule has 2 heterocycles. The highest BCUT2D eigenvalue weighted by atomic mass is 32.1. The van der Waals surface area contributed by atoms with Crippen molar-refractivity contribution < 1.29 is 9.53 Å². The number of anilines is 2. The van der Waals surface area contributed by atoms with E-state index in [1.165, 1.54) is 11.3 Å². The Kier molecular flexibility index (Phi) is 5.13. The van der Waals surface area contributed by atoms with E-state index in [4.69, 9.17) is 10.5 Å². The average molecular weight is 360 g/mol. The van der Waals surface area contributed by atoms with E-state index in [1.807, 2.05) is 43.9 Å². The number of fused-ring (bicyclic) bond motifs is 1. The van der Waals surface area contributed by atoms with Gasteiger partial charge >= 0.3 is 0 Å². The highest BCUT2D eigenvalue weighted by Gasteiger charge is 2.23. The summed E-state index contributed by atoms with van der Waals surface area (Å²) in [5.41, 5.74) is 8.66. The highest BCUT2D eigenvalue weighted by molar-refractivity contribution is 7.15. The molecule has 2 aromatic rings. The zero-order chi connectivity index (χ0) is 18.0. The lowest BCUT2D eigenvalue weighted by atomic mass is 10.1. The molecule has 1 aromatic heterocycles. The highest BCUT2D eigenvalue weighted by Crippen LogP contribution is 2.37. The van der Waals surface area contributed by atoms with Crippen LogP contribution < -0.4 is 15.4 Å². The van der Waals surface area contributed by atoms with Crippen LogP contribution in [0.1, 0.15) is 18.7 Å². The molecular weight excluding hydrogens is 336 g/mol. The Morgan fingerprint density at radius 3 is 2.80 bits per heavy atom. The number of nitrogen functional groups attached to an aromatic ring is 1. The van der Waals surface area contributed by atoms with Crippen molar-refractivity contribution in [1.29, 1.82) is 0 Å². The number of nitrogens with two attached hydrogens (primary N) is 1. The fraction of sp³-hybridized carbons (Fsp3) is 0.444.